The summed E-state index contributed by atoms with van der Waals surface area (Å²) in [5.41, 5.74) is 1.19. The van der Waals surface area contributed by atoms with E-state index in [1.54, 1.807) is 0 Å². The summed E-state index contributed by atoms with van der Waals surface area (Å²) in [6.45, 7) is 9.59. The van der Waals surface area contributed by atoms with E-state index in [4.69, 9.17) is 0 Å². The lowest BCUT2D eigenvalue weighted by molar-refractivity contribution is -0.132. The molecule has 0 aromatic carbocycles. The summed E-state index contributed by atoms with van der Waals surface area (Å²) < 4.78 is 2.07. The van der Waals surface area contributed by atoms with Gasteiger partial charge in [-0.15, -0.1) is 0 Å². The zero-order valence-electron chi connectivity index (χ0n) is 12.9. The van der Waals surface area contributed by atoms with E-state index < -0.39 is 0 Å². The van der Waals surface area contributed by atoms with Crippen LogP contribution in [0, 0.1) is 5.92 Å². The zero-order valence-corrected chi connectivity index (χ0v) is 12.9. The van der Waals surface area contributed by atoms with Crippen LogP contribution in [0.3, 0.4) is 0 Å². The maximum Gasteiger partial charge on any atom is 0.242 e. The maximum absolute atomic E-state index is 12.3. The van der Waals surface area contributed by atoms with Crippen molar-refractivity contribution in [1.82, 2.24) is 14.8 Å². The number of carbonyl (C=O) groups excluding carboxylic acids is 1. The number of hydrogen-bond acceptors (Lipinski definition) is 2. The van der Waals surface area contributed by atoms with E-state index in [2.05, 4.69) is 36.7 Å². The topological polar surface area (TPSA) is 37.3 Å². The van der Waals surface area contributed by atoms with Gasteiger partial charge in [0.2, 0.25) is 5.91 Å². The van der Waals surface area contributed by atoms with E-state index in [-0.39, 0.29) is 5.91 Å². The molecule has 0 saturated heterocycles. The molecule has 1 aliphatic rings. The van der Waals surface area contributed by atoms with Crippen LogP contribution in [0.25, 0.3) is 0 Å². The molecule has 1 aromatic rings. The predicted molar refractivity (Wildman–Crippen MR) is 81.4 cm³/mol. The van der Waals surface area contributed by atoms with Crippen molar-refractivity contribution in [3.63, 3.8) is 0 Å². The minimum absolute atomic E-state index is 0.247. The molecule has 20 heavy (non-hydrogen) atoms. The van der Waals surface area contributed by atoms with Gasteiger partial charge in [-0.2, -0.15) is 0 Å². The van der Waals surface area contributed by atoms with Crippen molar-refractivity contribution in [1.29, 1.82) is 0 Å². The Bertz CT molecular complexity index is 435. The number of likely N-dealkylation sites (N-methyl/N-ethyl adjacent to an activating group) is 1. The molecule has 4 nitrogen and oxygen atoms in total. The number of rotatable bonds is 8. The van der Waals surface area contributed by atoms with Gasteiger partial charge >= 0.3 is 0 Å². The highest BCUT2D eigenvalue weighted by Gasteiger charge is 2.31. The third-order valence-electron chi connectivity index (χ3n) is 3.74. The number of aromatic nitrogens is 1. The number of nitrogens with zero attached hydrogens (tertiary/aromatic N) is 2. The Labute approximate surface area is 122 Å². The highest BCUT2D eigenvalue weighted by molar-refractivity contribution is 5.76. The Balaban J connectivity index is 1.88. The molecule has 1 aromatic heterocycles. The summed E-state index contributed by atoms with van der Waals surface area (Å²) in [7, 11) is 0. The summed E-state index contributed by atoms with van der Waals surface area (Å²) in [5, 5.41) is 3.43. The van der Waals surface area contributed by atoms with E-state index in [0.29, 0.717) is 18.5 Å². The highest BCUT2D eigenvalue weighted by Crippen LogP contribution is 2.26. The lowest BCUT2D eigenvalue weighted by Gasteiger charge is -2.21. The lowest BCUT2D eigenvalue weighted by atomic mass is 10.2. The fourth-order valence-electron chi connectivity index (χ4n) is 2.51. The van der Waals surface area contributed by atoms with Crippen LogP contribution in [0.4, 0.5) is 0 Å². The Kier molecular flexibility index (Phi) is 5.24. The second-order valence-electron chi connectivity index (χ2n) is 6.06. The average Bonchev–Trinajstić information content (AvgIpc) is 3.12. The fourth-order valence-corrected chi connectivity index (χ4v) is 2.51. The number of hydrogen-bond donors (Lipinski definition) is 1. The first-order chi connectivity index (χ1) is 9.61. The molecule has 2 rings (SSSR count). The van der Waals surface area contributed by atoms with Gasteiger partial charge < -0.3 is 14.8 Å². The van der Waals surface area contributed by atoms with Crippen LogP contribution in [0.2, 0.25) is 0 Å². The summed E-state index contributed by atoms with van der Waals surface area (Å²) >= 11 is 0. The van der Waals surface area contributed by atoms with Gasteiger partial charge in [-0.05, 0) is 44.4 Å². The van der Waals surface area contributed by atoms with Crippen molar-refractivity contribution < 1.29 is 4.79 Å². The van der Waals surface area contributed by atoms with Crippen molar-refractivity contribution in [2.75, 3.05) is 13.1 Å². The van der Waals surface area contributed by atoms with Gasteiger partial charge in [0, 0.05) is 31.0 Å². The first-order valence-electron chi connectivity index (χ1n) is 7.76. The molecule has 0 unspecified atom stereocenters. The van der Waals surface area contributed by atoms with Crippen LogP contribution in [0.5, 0.6) is 0 Å². The van der Waals surface area contributed by atoms with Gasteiger partial charge in [-0.1, -0.05) is 13.8 Å². The van der Waals surface area contributed by atoms with Crippen molar-refractivity contribution in [3.8, 4) is 0 Å². The van der Waals surface area contributed by atoms with E-state index >= 15 is 0 Å². The van der Waals surface area contributed by atoms with Gasteiger partial charge in [0.05, 0.1) is 0 Å². The molecule has 1 amide bonds. The largest absolute Gasteiger partial charge is 0.341 e. The van der Waals surface area contributed by atoms with Crippen LogP contribution < -0.4 is 5.32 Å². The minimum atomic E-state index is 0.247. The van der Waals surface area contributed by atoms with Crippen LogP contribution in [-0.4, -0.2) is 34.5 Å². The third kappa shape index (κ3) is 4.10. The van der Waals surface area contributed by atoms with E-state index in [0.717, 1.165) is 19.6 Å². The highest BCUT2D eigenvalue weighted by atomic mass is 16.2. The number of amides is 1. The maximum atomic E-state index is 12.3. The molecular weight excluding hydrogens is 250 g/mol. The normalized spacial score (nSPS) is 14.8. The molecule has 1 fully saturated rings. The van der Waals surface area contributed by atoms with Gasteiger partial charge in [0.25, 0.3) is 0 Å². The minimum Gasteiger partial charge on any atom is -0.341 e. The van der Waals surface area contributed by atoms with Gasteiger partial charge in [0.1, 0.15) is 6.54 Å². The van der Waals surface area contributed by atoms with Crippen LogP contribution in [0.1, 0.15) is 39.3 Å². The molecule has 1 saturated carbocycles. The second-order valence-corrected chi connectivity index (χ2v) is 6.06. The van der Waals surface area contributed by atoms with E-state index in [1.165, 1.54) is 18.5 Å². The van der Waals surface area contributed by atoms with Crippen LogP contribution in [0.15, 0.2) is 18.3 Å². The van der Waals surface area contributed by atoms with Gasteiger partial charge in [-0.25, -0.2) is 0 Å². The van der Waals surface area contributed by atoms with Crippen LogP contribution in [-0.2, 0) is 17.9 Å². The number of carbonyl (C=O) groups is 1. The molecule has 0 atom stereocenters. The molecule has 0 aliphatic heterocycles. The van der Waals surface area contributed by atoms with Crippen molar-refractivity contribution in [3.05, 3.63) is 24.0 Å². The summed E-state index contributed by atoms with van der Waals surface area (Å²) in [6, 6.07) is 4.62. The first kappa shape index (κ1) is 15.1. The Hall–Kier alpha value is -1.29. The fraction of sp³-hybridized carbons (Fsp3) is 0.688. The van der Waals surface area contributed by atoms with Crippen molar-refractivity contribution in [2.45, 2.75) is 52.7 Å². The molecule has 1 N–H and O–H groups in total. The molecular formula is C16H27N3O. The Morgan fingerprint density at radius 3 is 2.85 bits per heavy atom. The zero-order chi connectivity index (χ0) is 14.5. The monoisotopic (exact) mass is 277 g/mol. The number of nitrogens with one attached hydrogen (secondary N) is 1. The quantitative estimate of drug-likeness (QED) is 0.791. The molecule has 0 bridgehead atoms. The summed E-state index contributed by atoms with van der Waals surface area (Å²) in [4.78, 5) is 14.4. The molecule has 0 radical (unpaired) electrons. The standard InChI is InChI=1S/C16H27N3O/c1-4-19(14-7-8-14)16(20)12-18-9-5-6-15(18)11-17-10-13(2)3/h5-6,9,13-14,17H,4,7-8,10-12H2,1-3H3. The summed E-state index contributed by atoms with van der Waals surface area (Å²) in [6.07, 6.45) is 4.35. The predicted octanol–water partition coefficient (Wildman–Crippen LogP) is 2.24. The smallest absolute Gasteiger partial charge is 0.242 e. The first-order valence-corrected chi connectivity index (χ1v) is 7.76. The van der Waals surface area contributed by atoms with E-state index in [1.807, 2.05) is 17.2 Å². The molecule has 1 heterocycles. The van der Waals surface area contributed by atoms with E-state index in [9.17, 15) is 4.79 Å². The molecule has 4 heteroatoms. The summed E-state index contributed by atoms with van der Waals surface area (Å²) in [5.74, 6) is 0.891. The van der Waals surface area contributed by atoms with Crippen molar-refractivity contribution >= 4 is 5.91 Å². The molecule has 0 spiro atoms. The second kappa shape index (κ2) is 6.93. The lowest BCUT2D eigenvalue weighted by Crippen LogP contribution is -2.35. The van der Waals surface area contributed by atoms with Gasteiger partial charge in [-0.3, -0.25) is 4.79 Å². The molecule has 112 valence electrons. The van der Waals surface area contributed by atoms with Crippen LogP contribution >= 0.6 is 0 Å². The van der Waals surface area contributed by atoms with Crippen molar-refractivity contribution in [2.24, 2.45) is 5.92 Å². The average molecular weight is 277 g/mol. The van der Waals surface area contributed by atoms with Gasteiger partial charge in [0.15, 0.2) is 0 Å². The SMILES string of the molecule is CCN(C(=O)Cn1cccc1CNCC(C)C)C1CC1. The Morgan fingerprint density at radius 1 is 1.50 bits per heavy atom. The molecule has 1 aliphatic carbocycles. The Morgan fingerprint density at radius 2 is 2.25 bits per heavy atom. The third-order valence-corrected chi connectivity index (χ3v) is 3.74.